The van der Waals surface area contributed by atoms with Crippen molar-refractivity contribution in [2.75, 3.05) is 7.05 Å². The molecular weight excluding hydrogens is 266 g/mol. The maximum atomic E-state index is 12.1. The number of hydrogen-bond donors (Lipinski definition) is 0. The van der Waals surface area contributed by atoms with Crippen LogP contribution in [0.1, 0.15) is 31.1 Å². The molecular formula is C14H8ClNO3. The summed E-state index contributed by atoms with van der Waals surface area (Å²) >= 11 is 5.53. The van der Waals surface area contributed by atoms with Gasteiger partial charge < -0.3 is 0 Å². The Morgan fingerprint density at radius 2 is 1.68 bits per heavy atom. The fraction of sp³-hybridized carbons (Fsp3) is 0.0714. The molecule has 0 unspecified atom stereocenters. The summed E-state index contributed by atoms with van der Waals surface area (Å²) in [7, 11) is 1.44. The molecule has 0 bridgehead atoms. The van der Waals surface area contributed by atoms with Crippen molar-refractivity contribution in [3.05, 3.63) is 47.0 Å². The van der Waals surface area contributed by atoms with E-state index in [1.54, 1.807) is 18.2 Å². The third-order valence-electron chi connectivity index (χ3n) is 3.32. The molecule has 0 radical (unpaired) electrons. The van der Waals surface area contributed by atoms with Crippen LogP contribution in [0.2, 0.25) is 0 Å². The number of imide groups is 1. The monoisotopic (exact) mass is 273 g/mol. The van der Waals surface area contributed by atoms with Crippen molar-refractivity contribution in [2.45, 2.75) is 0 Å². The average molecular weight is 274 g/mol. The van der Waals surface area contributed by atoms with Crippen molar-refractivity contribution in [1.82, 2.24) is 4.90 Å². The Bertz CT molecular complexity index is 744. The number of hydrogen-bond acceptors (Lipinski definition) is 3. The van der Waals surface area contributed by atoms with Crippen LogP contribution >= 0.6 is 11.6 Å². The van der Waals surface area contributed by atoms with Crippen molar-refractivity contribution in [3.8, 4) is 0 Å². The maximum absolute atomic E-state index is 12.1. The van der Waals surface area contributed by atoms with Crippen LogP contribution in [0.15, 0.2) is 30.3 Å². The van der Waals surface area contributed by atoms with Crippen molar-refractivity contribution >= 4 is 39.4 Å². The largest absolute Gasteiger partial charge is 0.277 e. The first kappa shape index (κ1) is 11.9. The number of amides is 2. The van der Waals surface area contributed by atoms with Crippen LogP contribution in [-0.2, 0) is 0 Å². The second-order valence-corrected chi connectivity index (χ2v) is 4.68. The van der Waals surface area contributed by atoms with Crippen LogP contribution in [0.3, 0.4) is 0 Å². The van der Waals surface area contributed by atoms with Crippen molar-refractivity contribution in [1.29, 1.82) is 0 Å². The summed E-state index contributed by atoms with van der Waals surface area (Å²) in [6.07, 6.45) is 0. The van der Waals surface area contributed by atoms with Gasteiger partial charge >= 0.3 is 0 Å². The topological polar surface area (TPSA) is 54.5 Å². The molecule has 0 spiro atoms. The van der Waals surface area contributed by atoms with Crippen LogP contribution < -0.4 is 0 Å². The molecule has 0 saturated carbocycles. The highest BCUT2D eigenvalue weighted by molar-refractivity contribution is 6.68. The van der Waals surface area contributed by atoms with Gasteiger partial charge in [0.1, 0.15) is 0 Å². The van der Waals surface area contributed by atoms with Gasteiger partial charge in [0.25, 0.3) is 17.1 Å². The van der Waals surface area contributed by atoms with Crippen LogP contribution in [0.4, 0.5) is 0 Å². The zero-order chi connectivity index (χ0) is 13.7. The summed E-state index contributed by atoms with van der Waals surface area (Å²) in [6.45, 7) is 0. The van der Waals surface area contributed by atoms with Crippen molar-refractivity contribution in [2.24, 2.45) is 0 Å². The molecule has 2 amide bonds. The van der Waals surface area contributed by atoms with E-state index in [4.69, 9.17) is 11.6 Å². The molecule has 0 fully saturated rings. The van der Waals surface area contributed by atoms with E-state index in [2.05, 4.69) is 0 Å². The van der Waals surface area contributed by atoms with Gasteiger partial charge in [0.05, 0.1) is 0 Å². The van der Waals surface area contributed by atoms with Gasteiger partial charge in [-0.15, -0.1) is 0 Å². The third-order valence-corrected chi connectivity index (χ3v) is 3.53. The molecule has 3 rings (SSSR count). The number of halogens is 1. The highest BCUT2D eigenvalue weighted by atomic mass is 35.5. The van der Waals surface area contributed by atoms with Gasteiger partial charge in [0.2, 0.25) is 0 Å². The molecule has 4 nitrogen and oxygen atoms in total. The molecule has 0 N–H and O–H groups in total. The van der Waals surface area contributed by atoms with Gasteiger partial charge in [-0.2, -0.15) is 0 Å². The average Bonchev–Trinajstić information content (AvgIpc) is 2.41. The van der Waals surface area contributed by atoms with Gasteiger partial charge in [-0.1, -0.05) is 12.1 Å². The molecule has 2 aromatic rings. The SMILES string of the molecule is CN1C(=O)c2cccc3c(C(=O)Cl)ccc(c23)C1=O. The van der Waals surface area contributed by atoms with E-state index in [0.29, 0.717) is 27.5 Å². The highest BCUT2D eigenvalue weighted by Crippen LogP contribution is 2.32. The number of rotatable bonds is 1. The Morgan fingerprint density at radius 3 is 2.32 bits per heavy atom. The fourth-order valence-electron chi connectivity index (χ4n) is 2.39. The zero-order valence-corrected chi connectivity index (χ0v) is 10.7. The molecule has 2 aromatic carbocycles. The van der Waals surface area contributed by atoms with E-state index in [-0.39, 0.29) is 11.8 Å². The number of nitrogens with zero attached hydrogens (tertiary/aromatic N) is 1. The number of benzene rings is 2. The van der Waals surface area contributed by atoms with E-state index >= 15 is 0 Å². The molecule has 0 aliphatic carbocycles. The molecule has 94 valence electrons. The Balaban J connectivity index is 2.51. The Kier molecular flexibility index (Phi) is 2.43. The smallest absolute Gasteiger partial charge is 0.261 e. The van der Waals surface area contributed by atoms with E-state index in [9.17, 15) is 14.4 Å². The lowest BCUT2D eigenvalue weighted by molar-refractivity contribution is 0.0650. The van der Waals surface area contributed by atoms with Gasteiger partial charge in [-0.05, 0) is 35.2 Å². The third kappa shape index (κ3) is 1.50. The molecule has 5 heteroatoms. The second-order valence-electron chi connectivity index (χ2n) is 4.33. The summed E-state index contributed by atoms with van der Waals surface area (Å²) in [4.78, 5) is 36.6. The van der Waals surface area contributed by atoms with E-state index in [1.807, 2.05) is 0 Å². The maximum Gasteiger partial charge on any atom is 0.261 e. The Hall–Kier alpha value is -2.20. The summed E-state index contributed by atoms with van der Waals surface area (Å²) in [5.41, 5.74) is 1.12. The summed E-state index contributed by atoms with van der Waals surface area (Å²) in [6, 6.07) is 8.04. The highest BCUT2D eigenvalue weighted by Gasteiger charge is 2.30. The van der Waals surface area contributed by atoms with Crippen LogP contribution in [0.25, 0.3) is 10.8 Å². The summed E-state index contributed by atoms with van der Waals surface area (Å²) < 4.78 is 0. The number of carbonyl (C=O) groups is 3. The van der Waals surface area contributed by atoms with Gasteiger partial charge in [-0.25, -0.2) is 0 Å². The van der Waals surface area contributed by atoms with Crippen molar-refractivity contribution < 1.29 is 14.4 Å². The van der Waals surface area contributed by atoms with Crippen LogP contribution in [0, 0.1) is 0 Å². The minimum absolute atomic E-state index is 0.299. The van der Waals surface area contributed by atoms with Gasteiger partial charge in [-0.3, -0.25) is 19.3 Å². The first-order chi connectivity index (χ1) is 9.02. The molecule has 0 saturated heterocycles. The quantitative estimate of drug-likeness (QED) is 0.592. The first-order valence-electron chi connectivity index (χ1n) is 5.60. The lowest BCUT2D eigenvalue weighted by Crippen LogP contribution is -2.37. The normalized spacial score (nSPS) is 14.1. The van der Waals surface area contributed by atoms with E-state index in [1.165, 1.54) is 19.2 Å². The molecule has 0 aromatic heterocycles. The lowest BCUT2D eigenvalue weighted by atomic mass is 9.92. The van der Waals surface area contributed by atoms with E-state index in [0.717, 1.165) is 4.90 Å². The van der Waals surface area contributed by atoms with Gasteiger partial charge in [0, 0.05) is 29.1 Å². The number of carbonyl (C=O) groups excluding carboxylic acids is 3. The summed E-state index contributed by atoms with van der Waals surface area (Å²) in [5.74, 6) is -0.746. The molecule has 1 heterocycles. The van der Waals surface area contributed by atoms with Gasteiger partial charge in [0.15, 0.2) is 0 Å². The molecule has 1 aliphatic heterocycles. The predicted octanol–water partition coefficient (Wildman–Crippen LogP) is 2.44. The molecule has 19 heavy (non-hydrogen) atoms. The van der Waals surface area contributed by atoms with Crippen LogP contribution in [0.5, 0.6) is 0 Å². The molecule has 0 atom stereocenters. The standard InChI is InChI=1S/C14H8ClNO3/c1-16-13(18)9-4-2-3-7-8(12(15)17)5-6-10(11(7)9)14(16)19/h2-6H,1H3. The fourth-order valence-corrected chi connectivity index (χ4v) is 2.55. The second kappa shape index (κ2) is 3.90. The first-order valence-corrected chi connectivity index (χ1v) is 5.98. The van der Waals surface area contributed by atoms with Crippen molar-refractivity contribution in [3.63, 3.8) is 0 Å². The predicted molar refractivity (Wildman–Crippen MR) is 70.6 cm³/mol. The Morgan fingerprint density at radius 1 is 1.05 bits per heavy atom. The van der Waals surface area contributed by atoms with Crippen LogP contribution in [-0.4, -0.2) is 29.0 Å². The minimum atomic E-state index is -0.609. The summed E-state index contributed by atoms with van der Waals surface area (Å²) in [5, 5.41) is 0.425. The molecule has 1 aliphatic rings. The van der Waals surface area contributed by atoms with E-state index < -0.39 is 5.24 Å². The zero-order valence-electron chi connectivity index (χ0n) is 9.94. The lowest BCUT2D eigenvalue weighted by Gasteiger charge is -2.24. The minimum Gasteiger partial charge on any atom is -0.277 e. The Labute approximate surface area is 113 Å².